The molecule has 2 amide bonds. The van der Waals surface area contributed by atoms with E-state index in [4.69, 9.17) is 5.73 Å². The third kappa shape index (κ3) is 2.17. The van der Waals surface area contributed by atoms with Gasteiger partial charge in [-0.3, -0.25) is 5.43 Å². The van der Waals surface area contributed by atoms with Gasteiger partial charge in [0.2, 0.25) is 5.88 Å². The van der Waals surface area contributed by atoms with Gasteiger partial charge in [-0.2, -0.15) is 0 Å². The van der Waals surface area contributed by atoms with Crippen molar-refractivity contribution in [3.05, 3.63) is 11.8 Å². The quantitative estimate of drug-likeness (QED) is 0.524. The second kappa shape index (κ2) is 2.91. The largest absolute Gasteiger partial charge is 0.350 e. The fraction of sp³-hybridized carbons (Fsp3) is 0.200. The van der Waals surface area contributed by atoms with Crippen LogP contribution in [0.4, 0.5) is 10.7 Å². The van der Waals surface area contributed by atoms with Crippen molar-refractivity contribution in [3.8, 4) is 0 Å². The monoisotopic (exact) mass is 156 g/mol. The maximum absolute atomic E-state index is 10.2. The summed E-state index contributed by atoms with van der Waals surface area (Å²) in [6.45, 7) is 1.76. The molecule has 60 valence electrons. The molecule has 0 fully saturated rings. The van der Waals surface area contributed by atoms with Crippen molar-refractivity contribution in [1.29, 1.82) is 0 Å². The normalized spacial score (nSPS) is 9.18. The molecule has 6 nitrogen and oxygen atoms in total. The van der Waals surface area contributed by atoms with Gasteiger partial charge < -0.3 is 10.3 Å². The van der Waals surface area contributed by atoms with Crippen LogP contribution in [-0.2, 0) is 0 Å². The van der Waals surface area contributed by atoms with Gasteiger partial charge in [0.05, 0.1) is 5.69 Å². The Kier molecular flexibility index (Phi) is 1.95. The number of carbonyl (C=O) groups excluding carboxylic acids is 1. The van der Waals surface area contributed by atoms with Gasteiger partial charge in [0.25, 0.3) is 0 Å². The Labute approximate surface area is 62.7 Å². The molecular weight excluding hydrogens is 148 g/mol. The van der Waals surface area contributed by atoms with Crippen molar-refractivity contribution in [2.45, 2.75) is 6.92 Å². The Balaban J connectivity index is 2.45. The molecule has 0 saturated heterocycles. The molecule has 0 aliphatic rings. The topological polar surface area (TPSA) is 93.2 Å². The van der Waals surface area contributed by atoms with Crippen LogP contribution >= 0.6 is 0 Å². The minimum Gasteiger partial charge on any atom is -0.350 e. The van der Waals surface area contributed by atoms with Gasteiger partial charge in [0.15, 0.2) is 0 Å². The number of nitrogens with two attached hydrogens (primary N) is 1. The first-order valence-corrected chi connectivity index (χ1v) is 2.93. The predicted octanol–water partition coefficient (Wildman–Crippen LogP) is -0.0218. The van der Waals surface area contributed by atoms with Gasteiger partial charge in [-0.15, -0.1) is 0 Å². The number of hydrogen-bond donors (Lipinski definition) is 3. The van der Waals surface area contributed by atoms with Crippen molar-refractivity contribution >= 4 is 11.9 Å². The third-order valence-electron chi connectivity index (χ3n) is 0.937. The number of rotatable bonds is 2. The number of primary amides is 1. The summed E-state index contributed by atoms with van der Waals surface area (Å²) in [6, 6.07) is 0.940. The van der Waals surface area contributed by atoms with Crippen molar-refractivity contribution in [1.82, 2.24) is 10.6 Å². The van der Waals surface area contributed by atoms with Crippen LogP contribution in [0.15, 0.2) is 10.6 Å². The second-order valence-corrected chi connectivity index (χ2v) is 1.95. The van der Waals surface area contributed by atoms with Crippen molar-refractivity contribution in [2.24, 2.45) is 5.73 Å². The number of hydrazine groups is 1. The number of hydrogen-bond acceptors (Lipinski definition) is 4. The average molecular weight is 156 g/mol. The SMILES string of the molecule is Cc1cc(NNC(N)=O)on1. The molecule has 0 saturated carbocycles. The Hall–Kier alpha value is -1.72. The summed E-state index contributed by atoms with van der Waals surface area (Å²) in [5.41, 5.74) is 10.0. The zero-order valence-corrected chi connectivity index (χ0v) is 5.92. The molecule has 4 N–H and O–H groups in total. The van der Waals surface area contributed by atoms with Gasteiger partial charge in [0.1, 0.15) is 0 Å². The minimum absolute atomic E-state index is 0.348. The van der Waals surface area contributed by atoms with E-state index in [2.05, 4.69) is 20.5 Å². The van der Waals surface area contributed by atoms with E-state index < -0.39 is 6.03 Å². The zero-order valence-electron chi connectivity index (χ0n) is 5.92. The molecule has 1 heterocycles. The molecular formula is C5H8N4O2. The number of aryl methyl sites for hydroxylation is 1. The molecule has 0 atom stereocenters. The van der Waals surface area contributed by atoms with Gasteiger partial charge >= 0.3 is 6.03 Å². The molecule has 0 aromatic carbocycles. The number of anilines is 1. The molecule has 0 aliphatic heterocycles. The predicted molar refractivity (Wildman–Crippen MR) is 37.6 cm³/mol. The van der Waals surface area contributed by atoms with Crippen LogP contribution in [0.3, 0.4) is 0 Å². The van der Waals surface area contributed by atoms with E-state index in [1.807, 2.05) is 0 Å². The molecule has 0 radical (unpaired) electrons. The first-order valence-electron chi connectivity index (χ1n) is 2.93. The highest BCUT2D eigenvalue weighted by molar-refractivity contribution is 5.72. The smallest absolute Gasteiger partial charge is 0.330 e. The molecule has 6 heteroatoms. The van der Waals surface area contributed by atoms with Crippen LogP contribution in [0.2, 0.25) is 0 Å². The minimum atomic E-state index is -0.681. The molecule has 0 spiro atoms. The highest BCUT2D eigenvalue weighted by Gasteiger charge is 1.98. The zero-order chi connectivity index (χ0) is 8.27. The number of nitrogens with zero attached hydrogens (tertiary/aromatic N) is 1. The van der Waals surface area contributed by atoms with Crippen LogP contribution in [0, 0.1) is 6.92 Å². The van der Waals surface area contributed by atoms with E-state index in [0.29, 0.717) is 5.88 Å². The highest BCUT2D eigenvalue weighted by atomic mass is 16.5. The van der Waals surface area contributed by atoms with Crippen molar-refractivity contribution in [3.63, 3.8) is 0 Å². The molecule has 1 aromatic rings. The van der Waals surface area contributed by atoms with E-state index >= 15 is 0 Å². The Morgan fingerprint density at radius 3 is 3.00 bits per heavy atom. The highest BCUT2D eigenvalue weighted by Crippen LogP contribution is 2.05. The molecule has 0 aliphatic carbocycles. The lowest BCUT2D eigenvalue weighted by atomic mass is 10.5. The van der Waals surface area contributed by atoms with Gasteiger partial charge in [0, 0.05) is 6.07 Å². The van der Waals surface area contributed by atoms with Gasteiger partial charge in [-0.05, 0) is 6.92 Å². The summed E-state index contributed by atoms with van der Waals surface area (Å²) in [4.78, 5) is 10.2. The molecule has 0 unspecified atom stereocenters. The maximum Gasteiger partial charge on any atom is 0.330 e. The Bertz CT molecular complexity index is 257. The summed E-state index contributed by atoms with van der Waals surface area (Å²) in [6.07, 6.45) is 0. The third-order valence-corrected chi connectivity index (χ3v) is 0.937. The summed E-state index contributed by atoms with van der Waals surface area (Å²) in [7, 11) is 0. The lowest BCUT2D eigenvalue weighted by Gasteiger charge is -1.98. The average Bonchev–Trinajstić information content (AvgIpc) is 2.31. The van der Waals surface area contributed by atoms with Crippen LogP contribution in [0.25, 0.3) is 0 Å². The molecule has 0 bridgehead atoms. The van der Waals surface area contributed by atoms with Crippen LogP contribution in [-0.4, -0.2) is 11.2 Å². The Morgan fingerprint density at radius 1 is 1.82 bits per heavy atom. The van der Waals surface area contributed by atoms with Crippen LogP contribution in [0.5, 0.6) is 0 Å². The van der Waals surface area contributed by atoms with E-state index in [1.54, 1.807) is 13.0 Å². The molecule has 1 rings (SSSR count). The Morgan fingerprint density at radius 2 is 2.55 bits per heavy atom. The lowest BCUT2D eigenvalue weighted by Crippen LogP contribution is -2.33. The summed E-state index contributed by atoms with van der Waals surface area (Å²) >= 11 is 0. The van der Waals surface area contributed by atoms with Crippen LogP contribution in [0.1, 0.15) is 5.69 Å². The number of nitrogens with one attached hydrogen (secondary N) is 2. The number of amides is 2. The van der Waals surface area contributed by atoms with Crippen LogP contribution < -0.4 is 16.6 Å². The van der Waals surface area contributed by atoms with E-state index in [-0.39, 0.29) is 0 Å². The summed E-state index contributed by atoms with van der Waals surface area (Å²) in [5.74, 6) is 0.348. The van der Waals surface area contributed by atoms with Gasteiger partial charge in [-0.1, -0.05) is 5.16 Å². The lowest BCUT2D eigenvalue weighted by molar-refractivity contribution is 0.250. The second-order valence-electron chi connectivity index (χ2n) is 1.95. The summed E-state index contributed by atoms with van der Waals surface area (Å²) in [5, 5.41) is 3.56. The first-order chi connectivity index (χ1) is 5.18. The van der Waals surface area contributed by atoms with E-state index in [0.717, 1.165) is 5.69 Å². The maximum atomic E-state index is 10.2. The van der Waals surface area contributed by atoms with E-state index in [1.165, 1.54) is 0 Å². The fourth-order valence-corrected chi connectivity index (χ4v) is 0.546. The van der Waals surface area contributed by atoms with Gasteiger partial charge in [-0.25, -0.2) is 10.2 Å². The summed E-state index contributed by atoms with van der Waals surface area (Å²) < 4.78 is 4.68. The van der Waals surface area contributed by atoms with E-state index in [9.17, 15) is 4.79 Å². The molecule has 11 heavy (non-hydrogen) atoms. The number of urea groups is 1. The molecule has 1 aromatic heterocycles. The number of carbonyl (C=O) groups is 1. The standard InChI is InChI=1S/C5H8N4O2/c1-3-2-4(11-9-3)7-8-5(6)10/h2,7H,1H3,(H3,6,8,10). The van der Waals surface area contributed by atoms with Crippen molar-refractivity contribution < 1.29 is 9.32 Å². The fourth-order valence-electron chi connectivity index (χ4n) is 0.546. The van der Waals surface area contributed by atoms with Crippen molar-refractivity contribution in [2.75, 3.05) is 5.43 Å². The number of aromatic nitrogens is 1. The first kappa shape index (κ1) is 7.39.